The largest absolute Gasteiger partial charge is 0.490 e. The molecule has 0 amide bonds. The highest BCUT2D eigenvalue weighted by Gasteiger charge is 2.10. The minimum Gasteiger partial charge on any atom is -0.490 e. The number of benzene rings is 2. The Labute approximate surface area is 168 Å². The summed E-state index contributed by atoms with van der Waals surface area (Å²) >= 11 is 1.31. The second-order valence-corrected chi connectivity index (χ2v) is 7.60. The maximum absolute atomic E-state index is 10.9. The zero-order valence-corrected chi connectivity index (χ0v) is 17.0. The van der Waals surface area contributed by atoms with Gasteiger partial charge in [0.25, 0.3) is 0 Å². The minimum absolute atomic E-state index is 0.0640. The average Bonchev–Trinajstić information content (AvgIpc) is 3.16. The predicted octanol–water partition coefficient (Wildman–Crippen LogP) is 5.40. The number of carboxylic acids is 1. The standard InChI is InChI=1S/C22H23NO4S/c1-14(2)19-9-8-18(12-15(19)3)27-11-10-26-17-6-4-16(5-7-17)21-23-20(13-28-21)22(24)25/h4-9,12-14H,10-11H2,1-3H3,(H,24,25). The second-order valence-electron chi connectivity index (χ2n) is 6.74. The first-order chi connectivity index (χ1) is 13.4. The Kier molecular flexibility index (Phi) is 6.31. The van der Waals surface area contributed by atoms with E-state index in [0.717, 1.165) is 17.1 Å². The summed E-state index contributed by atoms with van der Waals surface area (Å²) < 4.78 is 11.5. The lowest BCUT2D eigenvalue weighted by Crippen LogP contribution is -2.09. The van der Waals surface area contributed by atoms with E-state index in [4.69, 9.17) is 14.6 Å². The lowest BCUT2D eigenvalue weighted by molar-refractivity contribution is 0.0691. The van der Waals surface area contributed by atoms with Crippen molar-refractivity contribution in [3.05, 3.63) is 64.7 Å². The van der Waals surface area contributed by atoms with Gasteiger partial charge in [-0.15, -0.1) is 11.3 Å². The molecule has 0 unspecified atom stereocenters. The molecule has 0 aliphatic heterocycles. The van der Waals surface area contributed by atoms with E-state index in [1.807, 2.05) is 30.3 Å². The molecule has 0 spiro atoms. The van der Waals surface area contributed by atoms with Gasteiger partial charge in [-0.3, -0.25) is 0 Å². The van der Waals surface area contributed by atoms with Gasteiger partial charge in [-0.2, -0.15) is 0 Å². The van der Waals surface area contributed by atoms with Crippen LogP contribution in [0.2, 0.25) is 0 Å². The van der Waals surface area contributed by atoms with Gasteiger partial charge in [-0.25, -0.2) is 9.78 Å². The topological polar surface area (TPSA) is 68.7 Å². The van der Waals surface area contributed by atoms with Crippen molar-refractivity contribution in [3.63, 3.8) is 0 Å². The van der Waals surface area contributed by atoms with Gasteiger partial charge in [0.05, 0.1) is 0 Å². The Morgan fingerprint density at radius 2 is 1.71 bits per heavy atom. The van der Waals surface area contributed by atoms with Crippen molar-refractivity contribution in [2.24, 2.45) is 0 Å². The zero-order valence-electron chi connectivity index (χ0n) is 16.1. The fourth-order valence-corrected chi connectivity index (χ4v) is 3.70. The monoisotopic (exact) mass is 397 g/mol. The van der Waals surface area contributed by atoms with Crippen LogP contribution in [0.25, 0.3) is 10.6 Å². The fourth-order valence-electron chi connectivity index (χ4n) is 2.90. The van der Waals surface area contributed by atoms with Gasteiger partial charge in [0.1, 0.15) is 29.7 Å². The van der Waals surface area contributed by atoms with E-state index in [-0.39, 0.29) is 5.69 Å². The third-order valence-corrected chi connectivity index (χ3v) is 5.20. The summed E-state index contributed by atoms with van der Waals surface area (Å²) in [5.74, 6) is 1.06. The van der Waals surface area contributed by atoms with Crippen molar-refractivity contribution in [1.82, 2.24) is 4.98 Å². The average molecular weight is 397 g/mol. The van der Waals surface area contributed by atoms with Gasteiger partial charge >= 0.3 is 5.97 Å². The summed E-state index contributed by atoms with van der Waals surface area (Å²) in [7, 11) is 0. The van der Waals surface area contributed by atoms with Crippen molar-refractivity contribution in [2.75, 3.05) is 13.2 Å². The lowest BCUT2D eigenvalue weighted by Gasteiger charge is -2.13. The second kappa shape index (κ2) is 8.89. The van der Waals surface area contributed by atoms with Crippen LogP contribution in [0.1, 0.15) is 41.4 Å². The fraction of sp³-hybridized carbons (Fsp3) is 0.273. The van der Waals surface area contributed by atoms with Gasteiger partial charge in [-0.05, 0) is 60.4 Å². The number of hydrogen-bond acceptors (Lipinski definition) is 5. The molecule has 0 fully saturated rings. The van der Waals surface area contributed by atoms with E-state index >= 15 is 0 Å². The van der Waals surface area contributed by atoms with Crippen LogP contribution in [0, 0.1) is 6.92 Å². The first kappa shape index (κ1) is 19.9. The summed E-state index contributed by atoms with van der Waals surface area (Å²) in [5, 5.41) is 11.2. The number of carbonyl (C=O) groups is 1. The SMILES string of the molecule is Cc1cc(OCCOc2ccc(-c3nc(C(=O)O)cs3)cc2)ccc1C(C)C. The molecule has 5 nitrogen and oxygen atoms in total. The van der Waals surface area contributed by atoms with E-state index in [1.165, 1.54) is 27.8 Å². The number of ether oxygens (including phenoxy) is 2. The predicted molar refractivity (Wildman–Crippen MR) is 111 cm³/mol. The Balaban J connectivity index is 1.50. The third-order valence-electron chi connectivity index (χ3n) is 4.31. The highest BCUT2D eigenvalue weighted by atomic mass is 32.1. The molecule has 1 heterocycles. The van der Waals surface area contributed by atoms with Gasteiger partial charge in [0.15, 0.2) is 5.69 Å². The van der Waals surface area contributed by atoms with Gasteiger partial charge in [0.2, 0.25) is 0 Å². The Morgan fingerprint density at radius 1 is 1.07 bits per heavy atom. The van der Waals surface area contributed by atoms with Crippen molar-refractivity contribution < 1.29 is 19.4 Å². The van der Waals surface area contributed by atoms with Crippen LogP contribution in [0.5, 0.6) is 11.5 Å². The summed E-state index contributed by atoms with van der Waals surface area (Å²) in [4.78, 5) is 15.0. The Bertz CT molecular complexity index is 947. The molecule has 0 saturated carbocycles. The van der Waals surface area contributed by atoms with Crippen LogP contribution in [-0.2, 0) is 0 Å². The molecule has 6 heteroatoms. The number of rotatable bonds is 8. The number of aromatic carboxylic acids is 1. The first-order valence-corrected chi connectivity index (χ1v) is 9.97. The summed E-state index contributed by atoms with van der Waals surface area (Å²) in [6, 6.07) is 13.6. The molecule has 3 rings (SSSR count). The molecule has 0 aliphatic carbocycles. The number of nitrogens with zero attached hydrogens (tertiary/aromatic N) is 1. The van der Waals surface area contributed by atoms with E-state index in [9.17, 15) is 4.79 Å². The molecule has 146 valence electrons. The molecule has 3 aromatic rings. The van der Waals surface area contributed by atoms with Gasteiger partial charge < -0.3 is 14.6 Å². The smallest absolute Gasteiger partial charge is 0.355 e. The summed E-state index contributed by atoms with van der Waals surface area (Å²) in [5.41, 5.74) is 3.49. The maximum atomic E-state index is 10.9. The minimum atomic E-state index is -1.02. The molecule has 28 heavy (non-hydrogen) atoms. The van der Waals surface area contributed by atoms with Crippen LogP contribution in [0.4, 0.5) is 0 Å². The number of carboxylic acid groups (broad SMARTS) is 1. The molecule has 0 aliphatic rings. The van der Waals surface area contributed by atoms with Crippen molar-refractivity contribution in [2.45, 2.75) is 26.7 Å². The molecule has 0 bridgehead atoms. The number of thiazole rings is 1. The van der Waals surface area contributed by atoms with E-state index in [0.29, 0.717) is 24.1 Å². The zero-order chi connectivity index (χ0) is 20.1. The quantitative estimate of drug-likeness (QED) is 0.516. The third kappa shape index (κ3) is 4.89. The van der Waals surface area contributed by atoms with Crippen molar-refractivity contribution >= 4 is 17.3 Å². The Morgan fingerprint density at radius 3 is 2.29 bits per heavy atom. The van der Waals surface area contributed by atoms with Crippen LogP contribution >= 0.6 is 11.3 Å². The molecule has 0 atom stereocenters. The number of hydrogen-bond donors (Lipinski definition) is 1. The number of aryl methyl sites for hydroxylation is 1. The van der Waals surface area contributed by atoms with Crippen molar-refractivity contribution in [3.8, 4) is 22.1 Å². The van der Waals surface area contributed by atoms with Crippen LogP contribution in [0.15, 0.2) is 47.8 Å². The van der Waals surface area contributed by atoms with Crippen LogP contribution in [-0.4, -0.2) is 29.3 Å². The van der Waals surface area contributed by atoms with E-state index in [2.05, 4.69) is 37.9 Å². The van der Waals surface area contributed by atoms with Gasteiger partial charge in [0, 0.05) is 10.9 Å². The van der Waals surface area contributed by atoms with Crippen LogP contribution < -0.4 is 9.47 Å². The lowest BCUT2D eigenvalue weighted by atomic mass is 9.98. The maximum Gasteiger partial charge on any atom is 0.355 e. The van der Waals surface area contributed by atoms with E-state index in [1.54, 1.807) is 0 Å². The molecule has 1 aromatic heterocycles. The molecule has 1 N–H and O–H groups in total. The highest BCUT2D eigenvalue weighted by Crippen LogP contribution is 2.26. The summed E-state index contributed by atoms with van der Waals surface area (Å²) in [6.07, 6.45) is 0. The normalized spacial score (nSPS) is 10.9. The molecule has 2 aromatic carbocycles. The first-order valence-electron chi connectivity index (χ1n) is 9.09. The summed E-state index contributed by atoms with van der Waals surface area (Å²) in [6.45, 7) is 7.35. The highest BCUT2D eigenvalue weighted by molar-refractivity contribution is 7.13. The Hall–Kier alpha value is -2.86. The molecular formula is C22H23NO4S. The van der Waals surface area contributed by atoms with Gasteiger partial charge in [-0.1, -0.05) is 19.9 Å². The molecule has 0 radical (unpaired) electrons. The number of aromatic nitrogens is 1. The van der Waals surface area contributed by atoms with Crippen molar-refractivity contribution in [1.29, 1.82) is 0 Å². The molecular weight excluding hydrogens is 374 g/mol. The molecule has 0 saturated heterocycles. The van der Waals surface area contributed by atoms with E-state index < -0.39 is 5.97 Å². The van der Waals surface area contributed by atoms with Crippen LogP contribution in [0.3, 0.4) is 0 Å².